The number of imidazole rings is 1. The summed E-state index contributed by atoms with van der Waals surface area (Å²) in [6, 6.07) is 8.19. The van der Waals surface area contributed by atoms with E-state index in [0.29, 0.717) is 25.6 Å². The van der Waals surface area contributed by atoms with Crippen LogP contribution < -0.4 is 0 Å². The van der Waals surface area contributed by atoms with E-state index >= 15 is 0 Å². The van der Waals surface area contributed by atoms with Crippen molar-refractivity contribution < 1.29 is 9.53 Å². The highest BCUT2D eigenvalue weighted by Crippen LogP contribution is 2.26. The van der Waals surface area contributed by atoms with Gasteiger partial charge in [-0.25, -0.2) is 4.98 Å². The maximum Gasteiger partial charge on any atom is 0.224 e. The molecule has 2 saturated heterocycles. The number of para-hydroxylation sites is 2. The Kier molecular flexibility index (Phi) is 4.99. The minimum Gasteiger partial charge on any atom is -0.378 e. The zero-order valence-corrected chi connectivity index (χ0v) is 14.6. The number of morpholine rings is 1. The Labute approximate surface area is 148 Å². The van der Waals surface area contributed by atoms with Crippen LogP contribution in [0.25, 0.3) is 11.0 Å². The van der Waals surface area contributed by atoms with E-state index in [2.05, 4.69) is 22.0 Å². The van der Waals surface area contributed by atoms with Gasteiger partial charge in [-0.15, -0.1) is 0 Å². The number of carbonyl (C=O) groups excluding carboxylic acids is 1. The maximum atomic E-state index is 12.3. The van der Waals surface area contributed by atoms with Crippen molar-refractivity contribution in [3.63, 3.8) is 0 Å². The van der Waals surface area contributed by atoms with Gasteiger partial charge in [-0.1, -0.05) is 12.1 Å². The van der Waals surface area contributed by atoms with E-state index in [0.717, 1.165) is 62.4 Å². The standard InChI is InChI=1S/C19H26N4O2/c24-18(23-10-12-25-13-11-23)7-9-22-8-3-4-15(14-22)19-20-16-5-1-2-6-17(16)21-19/h1-2,5-6,15H,3-4,7-14H2,(H,20,21). The topological polar surface area (TPSA) is 61.5 Å². The number of piperidine rings is 1. The first kappa shape index (κ1) is 16.5. The molecule has 2 aromatic rings. The molecule has 1 unspecified atom stereocenters. The highest BCUT2D eigenvalue weighted by Gasteiger charge is 2.25. The van der Waals surface area contributed by atoms with Gasteiger partial charge >= 0.3 is 0 Å². The summed E-state index contributed by atoms with van der Waals surface area (Å²) in [5.74, 6) is 1.78. The number of rotatable bonds is 4. The molecule has 0 spiro atoms. The second-order valence-corrected chi connectivity index (χ2v) is 7.02. The normalized spacial score (nSPS) is 22.4. The number of fused-ring (bicyclic) bond motifs is 1. The number of benzene rings is 1. The van der Waals surface area contributed by atoms with Crippen molar-refractivity contribution in [2.45, 2.75) is 25.2 Å². The largest absolute Gasteiger partial charge is 0.378 e. The molecular weight excluding hydrogens is 316 g/mol. The first-order valence-electron chi connectivity index (χ1n) is 9.32. The number of ether oxygens (including phenoxy) is 1. The Morgan fingerprint density at radius 2 is 2.08 bits per heavy atom. The SMILES string of the molecule is O=C(CCN1CCCC(c2nc3ccccc3[nH]2)C1)N1CCOCC1. The van der Waals surface area contributed by atoms with Crippen molar-refractivity contribution in [2.75, 3.05) is 45.9 Å². The molecule has 134 valence electrons. The number of amides is 1. The number of nitrogens with one attached hydrogen (secondary N) is 1. The van der Waals surface area contributed by atoms with Gasteiger partial charge in [0.2, 0.25) is 5.91 Å². The van der Waals surface area contributed by atoms with Gasteiger partial charge < -0.3 is 19.5 Å². The van der Waals surface area contributed by atoms with Crippen LogP contribution in [0.5, 0.6) is 0 Å². The molecule has 2 aliphatic heterocycles. The molecule has 1 amide bonds. The fourth-order valence-corrected chi connectivity index (χ4v) is 3.87. The molecule has 1 N–H and O–H groups in total. The molecule has 6 heteroatoms. The number of hydrogen-bond acceptors (Lipinski definition) is 4. The predicted molar refractivity (Wildman–Crippen MR) is 96.5 cm³/mol. The molecule has 4 rings (SSSR count). The summed E-state index contributed by atoms with van der Waals surface area (Å²) in [5.41, 5.74) is 2.15. The smallest absolute Gasteiger partial charge is 0.224 e. The summed E-state index contributed by atoms with van der Waals surface area (Å²) in [7, 11) is 0. The van der Waals surface area contributed by atoms with Crippen LogP contribution in [0.15, 0.2) is 24.3 Å². The number of carbonyl (C=O) groups is 1. The van der Waals surface area contributed by atoms with Crippen LogP contribution in [0, 0.1) is 0 Å². The zero-order valence-electron chi connectivity index (χ0n) is 14.6. The fourth-order valence-electron chi connectivity index (χ4n) is 3.87. The Balaban J connectivity index is 1.33. The Bertz CT molecular complexity index is 690. The molecule has 1 aromatic heterocycles. The third-order valence-electron chi connectivity index (χ3n) is 5.31. The van der Waals surface area contributed by atoms with Crippen molar-refractivity contribution in [1.29, 1.82) is 0 Å². The van der Waals surface area contributed by atoms with Gasteiger partial charge in [-0.05, 0) is 31.5 Å². The Morgan fingerprint density at radius 3 is 2.92 bits per heavy atom. The molecule has 1 atom stereocenters. The van der Waals surface area contributed by atoms with Crippen molar-refractivity contribution in [3.05, 3.63) is 30.1 Å². The van der Waals surface area contributed by atoms with E-state index in [4.69, 9.17) is 9.72 Å². The quantitative estimate of drug-likeness (QED) is 0.923. The molecular formula is C19H26N4O2. The van der Waals surface area contributed by atoms with Crippen molar-refractivity contribution in [1.82, 2.24) is 19.8 Å². The summed E-state index contributed by atoms with van der Waals surface area (Å²) >= 11 is 0. The molecule has 0 radical (unpaired) electrons. The monoisotopic (exact) mass is 342 g/mol. The van der Waals surface area contributed by atoms with E-state index in [1.54, 1.807) is 0 Å². The summed E-state index contributed by atoms with van der Waals surface area (Å²) in [5, 5.41) is 0. The average molecular weight is 342 g/mol. The van der Waals surface area contributed by atoms with Crippen molar-refractivity contribution in [3.8, 4) is 0 Å². The molecule has 0 saturated carbocycles. The maximum absolute atomic E-state index is 12.3. The van der Waals surface area contributed by atoms with Crippen molar-refractivity contribution >= 4 is 16.9 Å². The fraction of sp³-hybridized carbons (Fsp3) is 0.579. The minimum absolute atomic E-state index is 0.258. The van der Waals surface area contributed by atoms with E-state index in [-0.39, 0.29) is 5.91 Å². The molecule has 2 fully saturated rings. The molecule has 0 aliphatic carbocycles. The molecule has 0 bridgehead atoms. The van der Waals surface area contributed by atoms with Gasteiger partial charge in [0.05, 0.1) is 24.2 Å². The van der Waals surface area contributed by atoms with Crippen molar-refractivity contribution in [2.24, 2.45) is 0 Å². The van der Waals surface area contributed by atoms with E-state index in [9.17, 15) is 4.79 Å². The lowest BCUT2D eigenvalue weighted by atomic mass is 9.97. The van der Waals surface area contributed by atoms with Crippen LogP contribution in [0.3, 0.4) is 0 Å². The van der Waals surface area contributed by atoms with Crippen LogP contribution in [0.1, 0.15) is 31.0 Å². The van der Waals surface area contributed by atoms with Gasteiger partial charge in [-0.2, -0.15) is 0 Å². The highest BCUT2D eigenvalue weighted by atomic mass is 16.5. The number of aromatic nitrogens is 2. The Morgan fingerprint density at radius 1 is 1.24 bits per heavy atom. The molecule has 25 heavy (non-hydrogen) atoms. The predicted octanol–water partition coefficient (Wildman–Crippen LogP) is 1.99. The van der Waals surface area contributed by atoms with Crippen LogP contribution in [0.4, 0.5) is 0 Å². The zero-order chi connectivity index (χ0) is 17.1. The summed E-state index contributed by atoms with van der Waals surface area (Å²) in [6.45, 7) is 5.71. The number of hydrogen-bond donors (Lipinski definition) is 1. The second kappa shape index (κ2) is 7.54. The van der Waals surface area contributed by atoms with E-state index in [1.165, 1.54) is 0 Å². The average Bonchev–Trinajstić information content (AvgIpc) is 3.11. The van der Waals surface area contributed by atoms with Crippen LogP contribution >= 0.6 is 0 Å². The van der Waals surface area contributed by atoms with E-state index < -0.39 is 0 Å². The van der Waals surface area contributed by atoms with Gasteiger partial charge in [0, 0.05) is 38.5 Å². The number of nitrogens with zero attached hydrogens (tertiary/aromatic N) is 3. The van der Waals surface area contributed by atoms with Crippen LogP contribution in [-0.4, -0.2) is 71.6 Å². The lowest BCUT2D eigenvalue weighted by molar-refractivity contribution is -0.135. The molecule has 3 heterocycles. The number of likely N-dealkylation sites (tertiary alicyclic amines) is 1. The molecule has 2 aliphatic rings. The molecule has 6 nitrogen and oxygen atoms in total. The van der Waals surface area contributed by atoms with Crippen LogP contribution in [-0.2, 0) is 9.53 Å². The van der Waals surface area contributed by atoms with Gasteiger partial charge in [0.15, 0.2) is 0 Å². The van der Waals surface area contributed by atoms with Gasteiger partial charge in [-0.3, -0.25) is 4.79 Å². The second-order valence-electron chi connectivity index (χ2n) is 7.02. The lowest BCUT2D eigenvalue weighted by Crippen LogP contribution is -2.43. The van der Waals surface area contributed by atoms with Gasteiger partial charge in [0.1, 0.15) is 5.82 Å². The number of aromatic amines is 1. The lowest BCUT2D eigenvalue weighted by Gasteiger charge is -2.32. The third kappa shape index (κ3) is 3.85. The van der Waals surface area contributed by atoms with Gasteiger partial charge in [0.25, 0.3) is 0 Å². The summed E-state index contributed by atoms with van der Waals surface area (Å²) < 4.78 is 5.32. The van der Waals surface area contributed by atoms with E-state index in [1.807, 2.05) is 17.0 Å². The third-order valence-corrected chi connectivity index (χ3v) is 5.31. The highest BCUT2D eigenvalue weighted by molar-refractivity contribution is 5.76. The van der Waals surface area contributed by atoms with Crippen LogP contribution in [0.2, 0.25) is 0 Å². The first-order chi connectivity index (χ1) is 12.3. The summed E-state index contributed by atoms with van der Waals surface area (Å²) in [4.78, 5) is 24.9. The minimum atomic E-state index is 0.258. The molecule has 1 aromatic carbocycles. The Hall–Kier alpha value is -1.92. The summed E-state index contributed by atoms with van der Waals surface area (Å²) in [6.07, 6.45) is 2.92. The number of H-pyrrole nitrogens is 1. The first-order valence-corrected chi connectivity index (χ1v) is 9.32.